The molecular weight excluding hydrogens is 236 g/mol. The molecule has 0 saturated carbocycles. The van der Waals surface area contributed by atoms with Crippen molar-refractivity contribution in [2.24, 2.45) is 0 Å². The number of anilines is 1. The highest BCUT2D eigenvalue weighted by molar-refractivity contribution is 5.96. The Bertz CT molecular complexity index is 418. The molecule has 1 aromatic rings. The van der Waals surface area contributed by atoms with E-state index >= 15 is 0 Å². The Balaban J connectivity index is 2.04. The zero-order valence-corrected chi connectivity index (χ0v) is 10.5. The van der Waals surface area contributed by atoms with Crippen LogP contribution in [0.1, 0.15) is 36.5 Å². The molecule has 1 heterocycles. The first-order chi connectivity index (χ1) is 8.52. The van der Waals surface area contributed by atoms with Gasteiger partial charge in [0.05, 0.1) is 0 Å². The maximum Gasteiger partial charge on any atom is 0.251 e. The highest BCUT2D eigenvalue weighted by Crippen LogP contribution is 2.30. The summed E-state index contributed by atoms with van der Waals surface area (Å²) in [4.78, 5) is 13.4. The van der Waals surface area contributed by atoms with Gasteiger partial charge < -0.3 is 4.90 Å². The van der Waals surface area contributed by atoms with E-state index in [2.05, 4.69) is 0 Å². The van der Waals surface area contributed by atoms with Crippen molar-refractivity contribution in [1.82, 2.24) is 0 Å². The van der Waals surface area contributed by atoms with Crippen LogP contribution in [0.2, 0.25) is 0 Å². The van der Waals surface area contributed by atoms with E-state index in [9.17, 15) is 13.6 Å². The minimum Gasteiger partial charge on any atom is -0.371 e. The van der Waals surface area contributed by atoms with E-state index in [-0.39, 0.29) is 18.6 Å². The molecule has 2 nitrogen and oxygen atoms in total. The van der Waals surface area contributed by atoms with Gasteiger partial charge in [-0.3, -0.25) is 4.79 Å². The number of carbonyl (C=O) groups is 1. The topological polar surface area (TPSA) is 20.3 Å². The predicted octanol–water partition coefficient (Wildman–Crippen LogP) is 3.51. The fourth-order valence-electron chi connectivity index (χ4n) is 2.15. The maximum absolute atomic E-state index is 13.0. The van der Waals surface area contributed by atoms with Gasteiger partial charge in [-0.05, 0) is 24.3 Å². The number of nitrogens with zero attached hydrogens (tertiary/aromatic N) is 1. The molecule has 0 aromatic heterocycles. The lowest BCUT2D eigenvalue weighted by Gasteiger charge is -2.33. The summed E-state index contributed by atoms with van der Waals surface area (Å²) in [5, 5.41) is 0. The number of carbonyl (C=O) groups excluding carboxylic acids is 1. The number of rotatable bonds is 3. The molecule has 0 atom stereocenters. The molecule has 2 rings (SSSR count). The molecule has 0 unspecified atom stereocenters. The van der Waals surface area contributed by atoms with Crippen LogP contribution in [0.5, 0.6) is 0 Å². The van der Waals surface area contributed by atoms with Crippen molar-refractivity contribution in [1.29, 1.82) is 0 Å². The van der Waals surface area contributed by atoms with Crippen LogP contribution >= 0.6 is 0 Å². The molecule has 1 saturated heterocycles. The summed E-state index contributed by atoms with van der Waals surface area (Å²) in [7, 11) is 0. The summed E-state index contributed by atoms with van der Waals surface area (Å²) in [6.07, 6.45) is 0.292. The van der Waals surface area contributed by atoms with Crippen molar-refractivity contribution in [3.63, 3.8) is 0 Å². The van der Waals surface area contributed by atoms with Crippen LogP contribution in [-0.4, -0.2) is 24.8 Å². The number of piperidine rings is 1. The van der Waals surface area contributed by atoms with Crippen LogP contribution < -0.4 is 4.90 Å². The number of hydrogen-bond donors (Lipinski definition) is 0. The summed E-state index contributed by atoms with van der Waals surface area (Å²) in [6.45, 7) is 2.56. The van der Waals surface area contributed by atoms with Gasteiger partial charge in [-0.2, -0.15) is 0 Å². The fourth-order valence-corrected chi connectivity index (χ4v) is 2.15. The number of ketones is 1. The Morgan fingerprint density at radius 2 is 1.78 bits per heavy atom. The van der Waals surface area contributed by atoms with Gasteiger partial charge in [-0.25, -0.2) is 8.78 Å². The summed E-state index contributed by atoms with van der Waals surface area (Å²) < 4.78 is 26.1. The molecule has 0 spiro atoms. The van der Waals surface area contributed by atoms with E-state index in [0.717, 1.165) is 5.69 Å². The first-order valence-electron chi connectivity index (χ1n) is 6.28. The maximum atomic E-state index is 13.0. The second-order valence-electron chi connectivity index (χ2n) is 4.67. The Morgan fingerprint density at radius 1 is 1.22 bits per heavy atom. The quantitative estimate of drug-likeness (QED) is 0.768. The number of Topliss-reactive ketones (excluding diaryl/α,β-unsaturated/α-hetero) is 1. The van der Waals surface area contributed by atoms with Crippen LogP contribution in [-0.2, 0) is 0 Å². The third kappa shape index (κ3) is 2.86. The van der Waals surface area contributed by atoms with Gasteiger partial charge in [-0.15, -0.1) is 0 Å². The predicted molar refractivity (Wildman–Crippen MR) is 67.5 cm³/mol. The SMILES string of the molecule is CCC(=O)c1ccc(N2CCC(F)(F)CC2)cc1. The van der Waals surface area contributed by atoms with Crippen molar-refractivity contribution < 1.29 is 13.6 Å². The van der Waals surface area contributed by atoms with Crippen LogP contribution in [0.4, 0.5) is 14.5 Å². The first kappa shape index (κ1) is 13.0. The van der Waals surface area contributed by atoms with E-state index in [4.69, 9.17) is 0 Å². The third-order valence-corrected chi connectivity index (χ3v) is 3.37. The van der Waals surface area contributed by atoms with Gasteiger partial charge in [0, 0.05) is 43.6 Å². The van der Waals surface area contributed by atoms with E-state index in [0.29, 0.717) is 25.1 Å². The largest absolute Gasteiger partial charge is 0.371 e. The molecule has 1 aliphatic rings. The number of alkyl halides is 2. The normalized spacial score (nSPS) is 18.7. The molecule has 0 radical (unpaired) electrons. The number of hydrogen-bond acceptors (Lipinski definition) is 2. The Labute approximate surface area is 106 Å². The molecule has 0 bridgehead atoms. The average Bonchev–Trinajstić information content (AvgIpc) is 2.38. The molecule has 0 aliphatic carbocycles. The van der Waals surface area contributed by atoms with Gasteiger partial charge >= 0.3 is 0 Å². The minimum absolute atomic E-state index is 0.0946. The van der Waals surface area contributed by atoms with Crippen LogP contribution in [0.15, 0.2) is 24.3 Å². The number of benzene rings is 1. The monoisotopic (exact) mass is 253 g/mol. The molecular formula is C14H17F2NO. The van der Waals surface area contributed by atoms with Crippen molar-refractivity contribution in [3.05, 3.63) is 29.8 Å². The van der Waals surface area contributed by atoms with E-state index in [1.807, 2.05) is 24.0 Å². The summed E-state index contributed by atoms with van der Waals surface area (Å²) >= 11 is 0. The van der Waals surface area contributed by atoms with Gasteiger partial charge in [0.2, 0.25) is 0 Å². The van der Waals surface area contributed by atoms with Gasteiger partial charge in [-0.1, -0.05) is 6.92 Å². The van der Waals surface area contributed by atoms with Crippen molar-refractivity contribution in [2.75, 3.05) is 18.0 Å². The molecule has 1 fully saturated rings. The van der Waals surface area contributed by atoms with Gasteiger partial charge in [0.1, 0.15) is 0 Å². The van der Waals surface area contributed by atoms with E-state index in [1.165, 1.54) is 0 Å². The minimum atomic E-state index is -2.52. The molecule has 1 aliphatic heterocycles. The summed E-state index contributed by atoms with van der Waals surface area (Å²) in [5.41, 5.74) is 1.60. The zero-order chi connectivity index (χ0) is 13.2. The highest BCUT2D eigenvalue weighted by atomic mass is 19.3. The Morgan fingerprint density at radius 3 is 2.28 bits per heavy atom. The lowest BCUT2D eigenvalue weighted by atomic mass is 10.0. The second-order valence-corrected chi connectivity index (χ2v) is 4.67. The van der Waals surface area contributed by atoms with E-state index in [1.54, 1.807) is 12.1 Å². The summed E-state index contributed by atoms with van der Waals surface area (Å²) in [5.74, 6) is -2.42. The molecule has 0 N–H and O–H groups in total. The van der Waals surface area contributed by atoms with Crippen LogP contribution in [0, 0.1) is 0 Å². The highest BCUT2D eigenvalue weighted by Gasteiger charge is 2.33. The molecule has 98 valence electrons. The van der Waals surface area contributed by atoms with E-state index < -0.39 is 5.92 Å². The first-order valence-corrected chi connectivity index (χ1v) is 6.28. The Hall–Kier alpha value is -1.45. The van der Waals surface area contributed by atoms with Crippen molar-refractivity contribution >= 4 is 11.5 Å². The van der Waals surface area contributed by atoms with Crippen molar-refractivity contribution in [3.8, 4) is 0 Å². The molecule has 4 heteroatoms. The lowest BCUT2D eigenvalue weighted by Crippen LogP contribution is -2.39. The molecule has 0 amide bonds. The zero-order valence-electron chi connectivity index (χ0n) is 10.5. The van der Waals surface area contributed by atoms with Crippen LogP contribution in [0.3, 0.4) is 0 Å². The smallest absolute Gasteiger partial charge is 0.251 e. The standard InChI is InChI=1S/C14H17F2NO/c1-2-13(18)11-3-5-12(6-4-11)17-9-7-14(15,16)8-10-17/h3-6H,2,7-10H2,1H3. The second kappa shape index (κ2) is 5.04. The van der Waals surface area contributed by atoms with Crippen LogP contribution in [0.25, 0.3) is 0 Å². The summed E-state index contributed by atoms with van der Waals surface area (Å²) in [6, 6.07) is 7.22. The third-order valence-electron chi connectivity index (χ3n) is 3.37. The number of halogens is 2. The molecule has 1 aromatic carbocycles. The fraction of sp³-hybridized carbons (Fsp3) is 0.500. The van der Waals surface area contributed by atoms with Gasteiger partial charge in [0.25, 0.3) is 5.92 Å². The lowest BCUT2D eigenvalue weighted by molar-refractivity contribution is -0.0220. The van der Waals surface area contributed by atoms with Gasteiger partial charge in [0.15, 0.2) is 5.78 Å². The Kier molecular flexibility index (Phi) is 3.64. The average molecular weight is 253 g/mol. The van der Waals surface area contributed by atoms with Crippen molar-refractivity contribution in [2.45, 2.75) is 32.1 Å². The molecule has 18 heavy (non-hydrogen) atoms.